The Kier molecular flexibility index (Phi) is 3.97. The molecule has 3 nitrogen and oxygen atoms in total. The van der Waals surface area contributed by atoms with Crippen molar-refractivity contribution < 1.29 is 8.98 Å². The number of aromatic nitrogens is 2. The van der Waals surface area contributed by atoms with Gasteiger partial charge in [-0.15, -0.1) is 0 Å². The van der Waals surface area contributed by atoms with Crippen LogP contribution in [0.15, 0.2) is 108 Å². The molecule has 0 unspecified atom stereocenters. The molecule has 0 atom stereocenters. The van der Waals surface area contributed by atoms with E-state index in [1.165, 1.54) is 44.0 Å². The summed E-state index contributed by atoms with van der Waals surface area (Å²) in [6.45, 7) is 2.15. The first-order chi connectivity index (χ1) is 16.7. The van der Waals surface area contributed by atoms with Crippen molar-refractivity contribution in [3.8, 4) is 16.9 Å². The van der Waals surface area contributed by atoms with E-state index in [9.17, 15) is 0 Å². The van der Waals surface area contributed by atoms with Gasteiger partial charge in [-0.25, -0.2) is 0 Å². The number of fused-ring (bicyclic) bond motifs is 5. The number of furan rings is 1. The van der Waals surface area contributed by atoms with Gasteiger partial charge in [0.1, 0.15) is 12.6 Å². The second kappa shape index (κ2) is 7.06. The summed E-state index contributed by atoms with van der Waals surface area (Å²) in [7, 11) is 2.15. The third-order valence-corrected chi connectivity index (χ3v) is 7.14. The molecule has 4 aromatic carbocycles. The number of pyridine rings is 1. The lowest BCUT2D eigenvalue weighted by atomic mass is 10.0. The van der Waals surface area contributed by atoms with Crippen molar-refractivity contribution in [2.75, 3.05) is 0 Å². The van der Waals surface area contributed by atoms with Gasteiger partial charge in [-0.05, 0) is 37.3 Å². The molecule has 162 valence electrons. The first-order valence-electron chi connectivity index (χ1n) is 11.6. The lowest BCUT2D eigenvalue weighted by Gasteiger charge is -2.14. The quantitative estimate of drug-likeness (QED) is 0.256. The minimum atomic E-state index is 0.948. The fraction of sp³-hybridized carbons (Fsp3) is 0.0645. The molecule has 0 aliphatic rings. The van der Waals surface area contributed by atoms with E-state index in [4.69, 9.17) is 4.42 Å². The summed E-state index contributed by atoms with van der Waals surface area (Å²) in [5, 5.41) is 4.89. The lowest BCUT2D eigenvalue weighted by Crippen LogP contribution is -2.32. The van der Waals surface area contributed by atoms with Crippen molar-refractivity contribution in [1.29, 1.82) is 0 Å². The van der Waals surface area contributed by atoms with Gasteiger partial charge in [0.05, 0.1) is 33.9 Å². The van der Waals surface area contributed by atoms with Crippen LogP contribution >= 0.6 is 0 Å². The third-order valence-electron chi connectivity index (χ3n) is 7.14. The van der Waals surface area contributed by atoms with Crippen molar-refractivity contribution in [3.63, 3.8) is 0 Å². The second-order valence-corrected chi connectivity index (χ2v) is 8.94. The highest BCUT2D eigenvalue weighted by Gasteiger charge is 2.23. The Hall–Kier alpha value is -4.37. The fourth-order valence-corrected chi connectivity index (χ4v) is 5.50. The average Bonchev–Trinajstić information content (AvgIpc) is 3.49. The van der Waals surface area contributed by atoms with E-state index in [-0.39, 0.29) is 0 Å². The molecule has 0 spiro atoms. The van der Waals surface area contributed by atoms with Crippen molar-refractivity contribution in [2.24, 2.45) is 7.05 Å². The summed E-state index contributed by atoms with van der Waals surface area (Å²) < 4.78 is 10.6. The van der Waals surface area contributed by atoms with Gasteiger partial charge >= 0.3 is 0 Å². The molecule has 3 aromatic heterocycles. The van der Waals surface area contributed by atoms with Crippen LogP contribution in [0.3, 0.4) is 0 Å². The van der Waals surface area contributed by atoms with Crippen LogP contribution in [-0.2, 0) is 7.05 Å². The number of rotatable bonds is 2. The van der Waals surface area contributed by atoms with Gasteiger partial charge in [0, 0.05) is 33.9 Å². The maximum Gasteiger partial charge on any atom is 0.215 e. The van der Waals surface area contributed by atoms with Crippen molar-refractivity contribution in [2.45, 2.75) is 6.92 Å². The molecule has 3 heteroatoms. The van der Waals surface area contributed by atoms with Crippen LogP contribution in [0, 0.1) is 6.92 Å². The van der Waals surface area contributed by atoms with E-state index in [1.807, 2.05) is 6.07 Å². The Morgan fingerprint density at radius 1 is 0.706 bits per heavy atom. The molecule has 0 aliphatic carbocycles. The zero-order chi connectivity index (χ0) is 22.8. The van der Waals surface area contributed by atoms with Crippen molar-refractivity contribution >= 4 is 43.7 Å². The predicted octanol–water partition coefficient (Wildman–Crippen LogP) is 7.48. The molecule has 0 saturated heterocycles. The zero-order valence-electron chi connectivity index (χ0n) is 19.1. The van der Waals surface area contributed by atoms with Gasteiger partial charge in [0.2, 0.25) is 11.2 Å². The Morgan fingerprint density at radius 3 is 2.09 bits per heavy atom. The first-order valence-corrected chi connectivity index (χ1v) is 11.6. The number of para-hydroxylation sites is 3. The van der Waals surface area contributed by atoms with Crippen molar-refractivity contribution in [3.05, 3.63) is 109 Å². The number of benzene rings is 4. The third kappa shape index (κ3) is 2.55. The average molecular weight is 440 g/mol. The van der Waals surface area contributed by atoms with E-state index >= 15 is 0 Å². The molecule has 0 aliphatic heterocycles. The Balaban J connectivity index is 1.65. The second-order valence-electron chi connectivity index (χ2n) is 8.94. The molecule has 3 heterocycles. The summed E-state index contributed by atoms with van der Waals surface area (Å²) in [5.41, 5.74) is 9.24. The van der Waals surface area contributed by atoms with Crippen LogP contribution in [0.5, 0.6) is 0 Å². The van der Waals surface area contributed by atoms with Crippen LogP contribution in [0.25, 0.3) is 60.6 Å². The lowest BCUT2D eigenvalue weighted by molar-refractivity contribution is -0.633. The maximum absolute atomic E-state index is 5.84. The molecule has 7 aromatic rings. The normalized spacial score (nSPS) is 11.8. The van der Waals surface area contributed by atoms with Gasteiger partial charge in [0.25, 0.3) is 0 Å². The molecule has 0 amide bonds. The molecule has 0 radical (unpaired) electrons. The largest absolute Gasteiger partial charge is 0.464 e. The van der Waals surface area contributed by atoms with Gasteiger partial charge < -0.3 is 8.98 Å². The first kappa shape index (κ1) is 19.1. The zero-order valence-corrected chi connectivity index (χ0v) is 19.1. The summed E-state index contributed by atoms with van der Waals surface area (Å²) in [5.74, 6) is 0. The fourth-order valence-electron chi connectivity index (χ4n) is 5.50. The Morgan fingerprint density at radius 2 is 1.35 bits per heavy atom. The number of hydrogen-bond donors (Lipinski definition) is 0. The van der Waals surface area contributed by atoms with E-state index < -0.39 is 0 Å². The minimum Gasteiger partial charge on any atom is -0.464 e. The molecule has 0 fully saturated rings. The smallest absolute Gasteiger partial charge is 0.215 e. The summed E-state index contributed by atoms with van der Waals surface area (Å²) in [6, 6.07) is 34.8. The highest BCUT2D eigenvalue weighted by molar-refractivity contribution is 6.10. The molecule has 0 N–H and O–H groups in total. The summed E-state index contributed by atoms with van der Waals surface area (Å²) in [6.07, 6.45) is 1.77. The maximum atomic E-state index is 5.84. The van der Waals surface area contributed by atoms with E-state index in [1.54, 1.807) is 6.26 Å². The van der Waals surface area contributed by atoms with Crippen LogP contribution in [0.2, 0.25) is 0 Å². The Labute approximate surface area is 197 Å². The Bertz CT molecular complexity index is 1830. The van der Waals surface area contributed by atoms with E-state index in [2.05, 4.69) is 114 Å². The topological polar surface area (TPSA) is 21.9 Å². The van der Waals surface area contributed by atoms with Gasteiger partial charge in [-0.2, -0.15) is 4.57 Å². The molecule has 7 rings (SSSR count). The number of hydrogen-bond acceptors (Lipinski definition) is 1. The van der Waals surface area contributed by atoms with E-state index in [0.29, 0.717) is 0 Å². The predicted molar refractivity (Wildman–Crippen MR) is 139 cm³/mol. The van der Waals surface area contributed by atoms with Gasteiger partial charge in [-0.3, -0.25) is 0 Å². The molecule has 0 bridgehead atoms. The molecular weight excluding hydrogens is 416 g/mol. The van der Waals surface area contributed by atoms with Crippen LogP contribution in [0.4, 0.5) is 0 Å². The standard InChI is InChI=1S/C31H23N2O/c1-20-22(16-15-21-17-18-34-31(20)21)29-19-30(25-11-5-6-12-26(25)32(29)2)33-27-13-7-3-9-23(27)24-10-4-8-14-28(24)33/h3-19H,1-2H3/q+1. The summed E-state index contributed by atoms with van der Waals surface area (Å²) >= 11 is 0. The summed E-state index contributed by atoms with van der Waals surface area (Å²) in [4.78, 5) is 0. The number of aryl methyl sites for hydroxylation is 2. The highest BCUT2D eigenvalue weighted by Crippen LogP contribution is 2.36. The molecule has 0 saturated carbocycles. The molecular formula is C31H23N2O+. The van der Waals surface area contributed by atoms with E-state index in [0.717, 1.165) is 22.2 Å². The molecule has 34 heavy (non-hydrogen) atoms. The highest BCUT2D eigenvalue weighted by atomic mass is 16.3. The monoisotopic (exact) mass is 439 g/mol. The van der Waals surface area contributed by atoms with Crippen LogP contribution in [0.1, 0.15) is 5.56 Å². The minimum absolute atomic E-state index is 0.948. The van der Waals surface area contributed by atoms with Gasteiger partial charge in [0.15, 0.2) is 0 Å². The number of nitrogens with zero attached hydrogens (tertiary/aromatic N) is 2. The SMILES string of the molecule is Cc1c(-c2cc(-n3c4ccccc4c4ccccc43)c3ccccc3[n+]2C)ccc2ccoc12. The van der Waals surface area contributed by atoms with Crippen LogP contribution < -0.4 is 4.57 Å². The van der Waals surface area contributed by atoms with Crippen molar-refractivity contribution in [1.82, 2.24) is 4.57 Å². The van der Waals surface area contributed by atoms with Gasteiger partial charge in [-0.1, -0.05) is 54.6 Å². The van der Waals surface area contributed by atoms with Crippen LogP contribution in [-0.4, -0.2) is 4.57 Å².